The predicted octanol–water partition coefficient (Wildman–Crippen LogP) is 2.80. The molecule has 3 aliphatic rings. The molecule has 0 aromatic carbocycles. The first-order chi connectivity index (χ1) is 12.3. The number of piperidine rings is 1. The van der Waals surface area contributed by atoms with Gasteiger partial charge in [0.1, 0.15) is 0 Å². The van der Waals surface area contributed by atoms with Crippen LogP contribution >= 0.6 is 0 Å². The number of pyridine rings is 1. The van der Waals surface area contributed by atoms with Crippen LogP contribution in [0.3, 0.4) is 0 Å². The summed E-state index contributed by atoms with van der Waals surface area (Å²) >= 11 is 0. The van der Waals surface area contributed by atoms with Gasteiger partial charge < -0.3 is 14.4 Å². The average molecular weight is 344 g/mol. The van der Waals surface area contributed by atoms with Crippen molar-refractivity contribution in [1.29, 1.82) is 0 Å². The molecule has 1 amide bonds. The lowest BCUT2D eigenvalue weighted by Gasteiger charge is -2.42. The van der Waals surface area contributed by atoms with E-state index in [0.717, 1.165) is 64.8 Å². The Kier molecular flexibility index (Phi) is 5.04. The van der Waals surface area contributed by atoms with E-state index in [9.17, 15) is 4.79 Å². The first-order valence-electron chi connectivity index (χ1n) is 9.66. The summed E-state index contributed by atoms with van der Waals surface area (Å²) in [5.41, 5.74) is 1.15. The largest absolute Gasteiger partial charge is 0.377 e. The Morgan fingerprint density at radius 2 is 2.00 bits per heavy atom. The molecule has 1 spiro atoms. The Morgan fingerprint density at radius 1 is 1.24 bits per heavy atom. The van der Waals surface area contributed by atoms with Crippen LogP contribution in [0.15, 0.2) is 24.5 Å². The van der Waals surface area contributed by atoms with E-state index in [1.807, 2.05) is 12.1 Å². The normalized spacial score (nSPS) is 25.4. The van der Waals surface area contributed by atoms with Crippen molar-refractivity contribution < 1.29 is 14.3 Å². The fourth-order valence-corrected chi connectivity index (χ4v) is 4.33. The van der Waals surface area contributed by atoms with Crippen LogP contribution in [0.1, 0.15) is 44.1 Å². The fraction of sp³-hybridized carbons (Fsp3) is 0.700. The molecule has 2 saturated heterocycles. The fourth-order valence-electron chi connectivity index (χ4n) is 4.33. The van der Waals surface area contributed by atoms with Crippen molar-refractivity contribution in [2.45, 2.75) is 50.7 Å². The monoisotopic (exact) mass is 344 g/mol. The average Bonchev–Trinajstić information content (AvgIpc) is 3.44. The van der Waals surface area contributed by atoms with E-state index in [4.69, 9.17) is 9.47 Å². The molecule has 3 heterocycles. The third kappa shape index (κ3) is 3.87. The lowest BCUT2D eigenvalue weighted by molar-refractivity contribution is -0.139. The maximum atomic E-state index is 12.3. The van der Waals surface area contributed by atoms with Crippen molar-refractivity contribution in [2.24, 2.45) is 11.8 Å². The topological polar surface area (TPSA) is 51.7 Å². The summed E-state index contributed by atoms with van der Waals surface area (Å²) in [6.07, 6.45) is 9.92. The molecule has 0 N–H and O–H groups in total. The molecule has 1 atom stereocenters. The molecular formula is C20H28N2O3. The van der Waals surface area contributed by atoms with Crippen LogP contribution in [0, 0.1) is 11.8 Å². The molecule has 1 aliphatic carbocycles. The number of aromatic nitrogens is 1. The molecule has 5 nitrogen and oxygen atoms in total. The quantitative estimate of drug-likeness (QED) is 0.745. The highest BCUT2D eigenvalue weighted by Gasteiger charge is 2.47. The zero-order chi connectivity index (χ0) is 17.1. The molecule has 3 fully saturated rings. The van der Waals surface area contributed by atoms with E-state index in [2.05, 4.69) is 9.88 Å². The molecule has 136 valence electrons. The van der Waals surface area contributed by atoms with Gasteiger partial charge in [0.25, 0.3) is 0 Å². The second-order valence-corrected chi connectivity index (χ2v) is 7.70. The first kappa shape index (κ1) is 17.0. The minimum absolute atomic E-state index is 0.0135. The molecule has 0 bridgehead atoms. The summed E-state index contributed by atoms with van der Waals surface area (Å²) in [6.45, 7) is 3.99. The third-order valence-electron chi connectivity index (χ3n) is 6.08. The smallest absolute Gasteiger partial charge is 0.225 e. The summed E-state index contributed by atoms with van der Waals surface area (Å²) in [7, 11) is 0. The van der Waals surface area contributed by atoms with Gasteiger partial charge in [-0.25, -0.2) is 0 Å². The Labute approximate surface area is 149 Å². The van der Waals surface area contributed by atoms with Crippen LogP contribution in [0.5, 0.6) is 0 Å². The molecule has 0 radical (unpaired) electrons. The van der Waals surface area contributed by atoms with E-state index >= 15 is 0 Å². The second kappa shape index (κ2) is 7.42. The molecule has 25 heavy (non-hydrogen) atoms. The number of hydrogen-bond donors (Lipinski definition) is 0. The van der Waals surface area contributed by atoms with Gasteiger partial charge in [0.2, 0.25) is 5.91 Å². The van der Waals surface area contributed by atoms with Crippen molar-refractivity contribution in [2.75, 3.05) is 26.3 Å². The molecule has 1 aromatic heterocycles. The van der Waals surface area contributed by atoms with Crippen molar-refractivity contribution in [3.63, 3.8) is 0 Å². The van der Waals surface area contributed by atoms with Gasteiger partial charge in [0, 0.05) is 44.6 Å². The summed E-state index contributed by atoms with van der Waals surface area (Å²) in [4.78, 5) is 18.3. The van der Waals surface area contributed by atoms with Crippen LogP contribution in [-0.2, 0) is 20.9 Å². The van der Waals surface area contributed by atoms with Gasteiger partial charge in [0.15, 0.2) is 0 Å². The molecule has 5 heteroatoms. The summed E-state index contributed by atoms with van der Waals surface area (Å²) in [6, 6.07) is 3.99. The highest BCUT2D eigenvalue weighted by molar-refractivity contribution is 5.81. The van der Waals surface area contributed by atoms with Gasteiger partial charge in [-0.15, -0.1) is 0 Å². The van der Waals surface area contributed by atoms with Crippen LogP contribution in [0.25, 0.3) is 0 Å². The Hall–Kier alpha value is -1.46. The number of likely N-dealkylation sites (tertiary alicyclic amines) is 1. The van der Waals surface area contributed by atoms with Gasteiger partial charge in [0.05, 0.1) is 12.2 Å². The van der Waals surface area contributed by atoms with Crippen LogP contribution in [0.2, 0.25) is 0 Å². The van der Waals surface area contributed by atoms with Crippen molar-refractivity contribution in [1.82, 2.24) is 9.88 Å². The van der Waals surface area contributed by atoms with Crippen molar-refractivity contribution in [3.8, 4) is 0 Å². The Balaban J connectivity index is 1.24. The molecular weight excluding hydrogens is 316 g/mol. The number of ether oxygens (including phenoxy) is 2. The van der Waals surface area contributed by atoms with E-state index in [1.54, 1.807) is 12.4 Å². The number of hydrogen-bond acceptors (Lipinski definition) is 4. The van der Waals surface area contributed by atoms with Crippen molar-refractivity contribution in [3.05, 3.63) is 30.1 Å². The molecule has 4 rings (SSSR count). The van der Waals surface area contributed by atoms with Gasteiger partial charge in [-0.2, -0.15) is 0 Å². The van der Waals surface area contributed by atoms with E-state index in [0.29, 0.717) is 24.3 Å². The third-order valence-corrected chi connectivity index (χ3v) is 6.08. The maximum Gasteiger partial charge on any atom is 0.225 e. The first-order valence-corrected chi connectivity index (χ1v) is 9.66. The molecule has 2 aliphatic heterocycles. The minimum atomic E-state index is -0.0135. The zero-order valence-electron chi connectivity index (χ0n) is 14.9. The van der Waals surface area contributed by atoms with Crippen LogP contribution in [-0.4, -0.2) is 47.7 Å². The SMILES string of the molecule is O=C(C1CC1)N1CCC2(CC1)OCCC2CCOCc1ccncc1. The number of amides is 1. The highest BCUT2D eigenvalue weighted by Crippen LogP contribution is 2.43. The number of carbonyl (C=O) groups excluding carboxylic acids is 1. The molecule has 1 saturated carbocycles. The second-order valence-electron chi connectivity index (χ2n) is 7.70. The summed E-state index contributed by atoms with van der Waals surface area (Å²) in [5.74, 6) is 1.27. The molecule has 1 aromatic rings. The van der Waals surface area contributed by atoms with E-state index in [-0.39, 0.29) is 5.60 Å². The van der Waals surface area contributed by atoms with Gasteiger partial charge in [-0.3, -0.25) is 9.78 Å². The highest BCUT2D eigenvalue weighted by atomic mass is 16.5. The van der Waals surface area contributed by atoms with Crippen LogP contribution < -0.4 is 0 Å². The Bertz CT molecular complexity index is 580. The zero-order valence-corrected chi connectivity index (χ0v) is 14.9. The van der Waals surface area contributed by atoms with Gasteiger partial charge in [-0.05, 0) is 62.1 Å². The standard InChI is InChI=1S/C20H28N2O3/c23-19(17-1-2-17)22-11-7-20(8-12-22)18(6-14-25-20)5-13-24-15-16-3-9-21-10-4-16/h3-4,9-10,17-18H,1-2,5-8,11-15H2. The lowest BCUT2D eigenvalue weighted by atomic mass is 9.78. The summed E-state index contributed by atoms with van der Waals surface area (Å²) in [5, 5.41) is 0. The molecule has 1 unspecified atom stereocenters. The lowest BCUT2D eigenvalue weighted by Crippen LogP contribution is -2.50. The number of rotatable bonds is 6. The van der Waals surface area contributed by atoms with Crippen LogP contribution in [0.4, 0.5) is 0 Å². The number of carbonyl (C=O) groups is 1. The van der Waals surface area contributed by atoms with Gasteiger partial charge in [-0.1, -0.05) is 0 Å². The minimum Gasteiger partial charge on any atom is -0.377 e. The van der Waals surface area contributed by atoms with E-state index in [1.165, 1.54) is 5.56 Å². The maximum absolute atomic E-state index is 12.3. The van der Waals surface area contributed by atoms with Gasteiger partial charge >= 0.3 is 0 Å². The Morgan fingerprint density at radius 3 is 2.72 bits per heavy atom. The summed E-state index contributed by atoms with van der Waals surface area (Å²) < 4.78 is 12.1. The van der Waals surface area contributed by atoms with Crippen molar-refractivity contribution >= 4 is 5.91 Å². The number of nitrogens with zero attached hydrogens (tertiary/aromatic N) is 2. The van der Waals surface area contributed by atoms with E-state index < -0.39 is 0 Å². The predicted molar refractivity (Wildman–Crippen MR) is 93.8 cm³/mol.